The minimum atomic E-state index is -0.0521. The van der Waals surface area contributed by atoms with Gasteiger partial charge in [-0.1, -0.05) is 6.92 Å². The number of carbonyl (C=O) groups is 1. The monoisotopic (exact) mass is 237 g/mol. The van der Waals surface area contributed by atoms with E-state index in [-0.39, 0.29) is 11.8 Å². The Hall–Kier alpha value is -1.62. The van der Waals surface area contributed by atoms with Gasteiger partial charge in [-0.25, -0.2) is 4.98 Å². The zero-order valence-electron chi connectivity index (χ0n) is 10.3. The molecule has 1 heterocycles. The van der Waals surface area contributed by atoms with Crippen molar-refractivity contribution in [1.29, 1.82) is 0 Å². The first kappa shape index (κ1) is 13.4. The second-order valence-electron chi connectivity index (χ2n) is 3.90. The van der Waals surface area contributed by atoms with Crippen LogP contribution in [0.25, 0.3) is 0 Å². The fourth-order valence-corrected chi connectivity index (χ4v) is 1.42. The molecular formula is C12H19N3O2. The first-order chi connectivity index (χ1) is 8.17. The predicted octanol–water partition coefficient (Wildman–Crippen LogP) is 0.691. The molecule has 1 amide bonds. The quantitative estimate of drug-likeness (QED) is 0.763. The highest BCUT2D eigenvalue weighted by Crippen LogP contribution is 2.08. The van der Waals surface area contributed by atoms with E-state index in [1.54, 1.807) is 19.4 Å². The van der Waals surface area contributed by atoms with E-state index in [0.717, 1.165) is 5.56 Å². The highest BCUT2D eigenvalue weighted by molar-refractivity contribution is 5.78. The van der Waals surface area contributed by atoms with Crippen LogP contribution in [0.3, 0.4) is 0 Å². The van der Waals surface area contributed by atoms with Gasteiger partial charge in [-0.15, -0.1) is 0 Å². The number of methoxy groups -OCH3 is 1. The Labute approximate surface area is 101 Å². The van der Waals surface area contributed by atoms with Gasteiger partial charge in [0.15, 0.2) is 0 Å². The highest BCUT2D eigenvalue weighted by Gasteiger charge is 2.11. The standard InChI is InChI=1S/C12H19N3O2/c1-9(3-5-13)12(16)15-8-10-4-6-14-11(7-10)17-2/h4,6-7,9H,3,5,8,13H2,1-2H3,(H,15,16). The maximum atomic E-state index is 11.6. The summed E-state index contributed by atoms with van der Waals surface area (Å²) in [5, 5.41) is 2.86. The van der Waals surface area contributed by atoms with E-state index in [2.05, 4.69) is 10.3 Å². The summed E-state index contributed by atoms with van der Waals surface area (Å²) in [6.07, 6.45) is 2.36. The molecule has 0 aliphatic carbocycles. The summed E-state index contributed by atoms with van der Waals surface area (Å²) in [6.45, 7) is 2.87. The van der Waals surface area contributed by atoms with Gasteiger partial charge in [0, 0.05) is 24.7 Å². The highest BCUT2D eigenvalue weighted by atomic mass is 16.5. The zero-order chi connectivity index (χ0) is 12.7. The minimum Gasteiger partial charge on any atom is -0.481 e. The normalized spacial score (nSPS) is 11.9. The van der Waals surface area contributed by atoms with Crippen molar-refractivity contribution < 1.29 is 9.53 Å². The van der Waals surface area contributed by atoms with Gasteiger partial charge in [0.2, 0.25) is 11.8 Å². The van der Waals surface area contributed by atoms with Crippen LogP contribution in [0, 0.1) is 5.92 Å². The molecule has 0 spiro atoms. The molecule has 94 valence electrons. The Kier molecular flexibility index (Phi) is 5.42. The van der Waals surface area contributed by atoms with E-state index in [0.29, 0.717) is 25.4 Å². The van der Waals surface area contributed by atoms with Gasteiger partial charge >= 0.3 is 0 Å². The Morgan fingerprint density at radius 2 is 2.41 bits per heavy atom. The molecule has 5 nitrogen and oxygen atoms in total. The van der Waals surface area contributed by atoms with E-state index in [1.165, 1.54) is 0 Å². The van der Waals surface area contributed by atoms with Crippen molar-refractivity contribution in [2.75, 3.05) is 13.7 Å². The van der Waals surface area contributed by atoms with Crippen LogP contribution < -0.4 is 15.8 Å². The average molecular weight is 237 g/mol. The van der Waals surface area contributed by atoms with Gasteiger partial charge in [0.1, 0.15) is 0 Å². The van der Waals surface area contributed by atoms with Gasteiger partial charge in [-0.3, -0.25) is 4.79 Å². The number of nitrogens with zero attached hydrogens (tertiary/aromatic N) is 1. The maximum absolute atomic E-state index is 11.6. The number of hydrogen-bond donors (Lipinski definition) is 2. The number of hydrogen-bond acceptors (Lipinski definition) is 4. The number of nitrogens with one attached hydrogen (secondary N) is 1. The molecule has 3 N–H and O–H groups in total. The van der Waals surface area contributed by atoms with Gasteiger partial charge in [0.25, 0.3) is 0 Å². The molecule has 0 aliphatic rings. The van der Waals surface area contributed by atoms with Gasteiger partial charge in [-0.05, 0) is 24.6 Å². The summed E-state index contributed by atoms with van der Waals surface area (Å²) >= 11 is 0. The lowest BCUT2D eigenvalue weighted by Crippen LogP contribution is -2.29. The van der Waals surface area contributed by atoms with Gasteiger partial charge in [-0.2, -0.15) is 0 Å². The van der Waals surface area contributed by atoms with Crippen molar-refractivity contribution in [2.45, 2.75) is 19.9 Å². The van der Waals surface area contributed by atoms with Crippen LogP contribution in [0.4, 0.5) is 0 Å². The molecule has 0 bridgehead atoms. The summed E-state index contributed by atoms with van der Waals surface area (Å²) < 4.78 is 5.01. The molecule has 0 saturated heterocycles. The number of aromatic nitrogens is 1. The van der Waals surface area contributed by atoms with E-state index in [1.807, 2.05) is 13.0 Å². The first-order valence-electron chi connectivity index (χ1n) is 5.64. The third-order valence-corrected chi connectivity index (χ3v) is 2.52. The summed E-state index contributed by atoms with van der Waals surface area (Å²) in [5.41, 5.74) is 6.37. The molecule has 1 atom stereocenters. The molecule has 1 unspecified atom stereocenters. The van der Waals surface area contributed by atoms with Gasteiger partial charge in [0.05, 0.1) is 7.11 Å². The SMILES string of the molecule is COc1cc(CNC(=O)C(C)CCN)ccn1. The fraction of sp³-hybridized carbons (Fsp3) is 0.500. The topological polar surface area (TPSA) is 77.2 Å². The number of pyridine rings is 1. The van der Waals surface area contributed by atoms with Crippen LogP contribution >= 0.6 is 0 Å². The smallest absolute Gasteiger partial charge is 0.223 e. The van der Waals surface area contributed by atoms with Crippen molar-refractivity contribution >= 4 is 5.91 Å². The Morgan fingerprint density at radius 3 is 3.06 bits per heavy atom. The van der Waals surface area contributed by atoms with Crippen LogP contribution in [0.5, 0.6) is 5.88 Å². The van der Waals surface area contributed by atoms with Crippen molar-refractivity contribution in [3.8, 4) is 5.88 Å². The second-order valence-corrected chi connectivity index (χ2v) is 3.90. The third-order valence-electron chi connectivity index (χ3n) is 2.52. The zero-order valence-corrected chi connectivity index (χ0v) is 10.3. The molecule has 5 heteroatoms. The summed E-state index contributed by atoms with van der Waals surface area (Å²) in [6, 6.07) is 3.64. The van der Waals surface area contributed by atoms with Crippen molar-refractivity contribution in [2.24, 2.45) is 11.7 Å². The lowest BCUT2D eigenvalue weighted by atomic mass is 10.1. The fourth-order valence-electron chi connectivity index (χ4n) is 1.42. The Morgan fingerprint density at radius 1 is 1.65 bits per heavy atom. The number of carbonyl (C=O) groups excluding carboxylic acids is 1. The summed E-state index contributed by atoms with van der Waals surface area (Å²) in [5.74, 6) is 0.515. The van der Waals surface area contributed by atoms with Crippen molar-refractivity contribution in [3.05, 3.63) is 23.9 Å². The molecule has 0 aliphatic heterocycles. The molecule has 1 aromatic heterocycles. The molecule has 0 fully saturated rings. The summed E-state index contributed by atoms with van der Waals surface area (Å²) in [4.78, 5) is 15.6. The maximum Gasteiger partial charge on any atom is 0.223 e. The number of nitrogens with two attached hydrogens (primary N) is 1. The van der Waals surface area contributed by atoms with E-state index in [9.17, 15) is 4.79 Å². The molecule has 0 aromatic carbocycles. The number of amides is 1. The van der Waals surface area contributed by atoms with Crippen molar-refractivity contribution in [3.63, 3.8) is 0 Å². The largest absolute Gasteiger partial charge is 0.481 e. The van der Waals surface area contributed by atoms with E-state index >= 15 is 0 Å². The van der Waals surface area contributed by atoms with E-state index in [4.69, 9.17) is 10.5 Å². The molecular weight excluding hydrogens is 218 g/mol. The predicted molar refractivity (Wildman–Crippen MR) is 65.5 cm³/mol. The van der Waals surface area contributed by atoms with Crippen LogP contribution in [-0.4, -0.2) is 24.5 Å². The molecule has 0 radical (unpaired) electrons. The average Bonchev–Trinajstić information content (AvgIpc) is 2.36. The van der Waals surface area contributed by atoms with Crippen molar-refractivity contribution in [1.82, 2.24) is 10.3 Å². The summed E-state index contributed by atoms with van der Waals surface area (Å²) in [7, 11) is 1.56. The van der Waals surface area contributed by atoms with Crippen LogP contribution in [0.1, 0.15) is 18.9 Å². The Bertz CT molecular complexity index is 369. The molecule has 17 heavy (non-hydrogen) atoms. The molecule has 1 aromatic rings. The Balaban J connectivity index is 2.46. The number of ether oxygens (including phenoxy) is 1. The molecule has 0 saturated carbocycles. The number of rotatable bonds is 6. The van der Waals surface area contributed by atoms with E-state index < -0.39 is 0 Å². The van der Waals surface area contributed by atoms with Crippen LogP contribution in [-0.2, 0) is 11.3 Å². The van der Waals surface area contributed by atoms with Gasteiger partial charge < -0.3 is 15.8 Å². The lowest BCUT2D eigenvalue weighted by Gasteiger charge is -2.11. The second kappa shape index (κ2) is 6.85. The lowest BCUT2D eigenvalue weighted by molar-refractivity contribution is -0.124. The van der Waals surface area contributed by atoms with Crippen LogP contribution in [0.2, 0.25) is 0 Å². The third kappa shape index (κ3) is 4.40. The molecule has 1 rings (SSSR count). The first-order valence-corrected chi connectivity index (χ1v) is 5.64. The van der Waals surface area contributed by atoms with Crippen LogP contribution in [0.15, 0.2) is 18.3 Å². The minimum absolute atomic E-state index is 0.0197.